The first-order chi connectivity index (χ1) is 14.7. The predicted octanol–water partition coefficient (Wildman–Crippen LogP) is 0.183. The Morgan fingerprint density at radius 1 is 1.35 bits per heavy atom. The Balaban J connectivity index is 1.84. The highest BCUT2D eigenvalue weighted by atomic mass is 32.2. The largest absolute Gasteiger partial charge is 0.384 e. The first-order valence-corrected chi connectivity index (χ1v) is 12.5. The molecule has 2 aromatic rings. The van der Waals surface area contributed by atoms with Crippen LogP contribution in [0.1, 0.15) is 41.9 Å². The highest BCUT2D eigenvalue weighted by Gasteiger charge is 2.33. The lowest BCUT2D eigenvalue weighted by molar-refractivity contribution is 0.102. The monoisotopic (exact) mass is 468 g/mol. The number of anilines is 1. The van der Waals surface area contributed by atoms with Crippen molar-refractivity contribution >= 4 is 33.2 Å². The van der Waals surface area contributed by atoms with Crippen molar-refractivity contribution in [1.82, 2.24) is 24.3 Å². The van der Waals surface area contributed by atoms with Crippen LogP contribution in [0, 0.1) is 0 Å². The molecule has 11 nitrogen and oxygen atoms in total. The van der Waals surface area contributed by atoms with Crippen molar-refractivity contribution in [3.05, 3.63) is 44.9 Å². The molecule has 2 aromatic heterocycles. The van der Waals surface area contributed by atoms with E-state index in [2.05, 4.69) is 21.8 Å². The fraction of sp³-hybridized carbons (Fsp3) is 0.500. The van der Waals surface area contributed by atoms with Crippen LogP contribution in [0.5, 0.6) is 0 Å². The van der Waals surface area contributed by atoms with Crippen LogP contribution in [0.15, 0.2) is 27.4 Å². The number of thioether (sulfide) groups is 1. The summed E-state index contributed by atoms with van der Waals surface area (Å²) in [4.78, 5) is 39.0. The number of carbonyl (C=O) groups excluding carboxylic acids is 1. The van der Waals surface area contributed by atoms with Gasteiger partial charge in [-0.05, 0) is 12.8 Å². The number of ketones is 1. The molecule has 31 heavy (non-hydrogen) atoms. The van der Waals surface area contributed by atoms with Crippen molar-refractivity contribution in [3.8, 4) is 0 Å². The van der Waals surface area contributed by atoms with E-state index in [1.165, 1.54) is 0 Å². The minimum Gasteiger partial charge on any atom is -0.384 e. The minimum absolute atomic E-state index is 0.0107. The van der Waals surface area contributed by atoms with Crippen molar-refractivity contribution < 1.29 is 13.2 Å². The molecule has 1 fully saturated rings. The molecule has 0 aromatic carbocycles. The van der Waals surface area contributed by atoms with Crippen LogP contribution in [-0.2, 0) is 22.9 Å². The van der Waals surface area contributed by atoms with Crippen LogP contribution in [0.25, 0.3) is 0 Å². The molecule has 0 bridgehead atoms. The Bertz CT molecular complexity index is 1230. The molecule has 1 unspecified atom stereocenters. The van der Waals surface area contributed by atoms with Crippen molar-refractivity contribution in [2.24, 2.45) is 0 Å². The molecule has 0 radical (unpaired) electrons. The summed E-state index contributed by atoms with van der Waals surface area (Å²) in [7, 11) is -3.10. The van der Waals surface area contributed by atoms with Gasteiger partial charge in [0.05, 0.1) is 17.3 Å². The zero-order valence-corrected chi connectivity index (χ0v) is 18.7. The van der Waals surface area contributed by atoms with E-state index in [0.717, 1.165) is 16.3 Å². The Kier molecular flexibility index (Phi) is 6.84. The molecule has 0 saturated carbocycles. The number of sulfone groups is 1. The minimum atomic E-state index is -3.10. The molecule has 1 atom stereocenters. The van der Waals surface area contributed by atoms with Gasteiger partial charge >= 0.3 is 5.69 Å². The standard InChI is InChI=1S/C18H24N6O5S2/c1-3-6-23-14(19)13(16(26)20-17(23)27)12(25)9-30-18-22-21-15(24(18)7-4-2)11-5-8-31(28,29)10-11/h4,11H,2-3,5-10,19H2,1H3,(H,20,26,27). The van der Waals surface area contributed by atoms with Gasteiger partial charge in [-0.1, -0.05) is 24.8 Å². The van der Waals surface area contributed by atoms with Gasteiger partial charge in [0.1, 0.15) is 17.2 Å². The Morgan fingerprint density at radius 3 is 2.71 bits per heavy atom. The third kappa shape index (κ3) is 4.82. The van der Waals surface area contributed by atoms with E-state index in [4.69, 9.17) is 5.73 Å². The lowest BCUT2D eigenvalue weighted by Gasteiger charge is -2.12. The number of nitrogen functional groups attached to an aromatic ring is 1. The van der Waals surface area contributed by atoms with Crippen molar-refractivity contribution in [3.63, 3.8) is 0 Å². The number of aromatic nitrogens is 5. The lowest BCUT2D eigenvalue weighted by Crippen LogP contribution is -2.36. The molecule has 13 heteroatoms. The summed E-state index contributed by atoms with van der Waals surface area (Å²) in [5.41, 5.74) is 4.19. The van der Waals surface area contributed by atoms with E-state index in [1.54, 1.807) is 10.6 Å². The topological polar surface area (TPSA) is 163 Å². The van der Waals surface area contributed by atoms with Crippen molar-refractivity contribution in [2.75, 3.05) is 23.0 Å². The predicted molar refractivity (Wildman–Crippen MR) is 117 cm³/mol. The van der Waals surface area contributed by atoms with Crippen LogP contribution in [-0.4, -0.2) is 55.8 Å². The average Bonchev–Trinajstić information content (AvgIpc) is 3.26. The third-order valence-electron chi connectivity index (χ3n) is 4.95. The molecule has 0 spiro atoms. The number of rotatable bonds is 9. The van der Waals surface area contributed by atoms with Gasteiger partial charge in [0.25, 0.3) is 5.56 Å². The molecule has 0 amide bonds. The van der Waals surface area contributed by atoms with E-state index in [1.807, 2.05) is 6.92 Å². The Morgan fingerprint density at radius 2 is 2.10 bits per heavy atom. The average molecular weight is 469 g/mol. The van der Waals surface area contributed by atoms with Gasteiger partial charge in [0, 0.05) is 19.0 Å². The number of aromatic amines is 1. The van der Waals surface area contributed by atoms with Gasteiger partial charge in [0.2, 0.25) is 0 Å². The number of carbonyl (C=O) groups is 1. The number of nitrogens with one attached hydrogen (secondary N) is 1. The molecule has 3 N–H and O–H groups in total. The Labute approximate surface area is 182 Å². The first-order valence-electron chi connectivity index (χ1n) is 9.71. The van der Waals surface area contributed by atoms with E-state index in [0.29, 0.717) is 30.4 Å². The summed E-state index contributed by atoms with van der Waals surface area (Å²) in [5, 5.41) is 8.66. The SMILES string of the molecule is C=CCn1c(SCC(=O)c2c(N)n(CCC)c(=O)[nH]c2=O)nnc1C1CCS(=O)(=O)C1. The molecule has 1 saturated heterocycles. The second kappa shape index (κ2) is 9.22. The van der Waals surface area contributed by atoms with E-state index in [9.17, 15) is 22.8 Å². The summed E-state index contributed by atoms with van der Waals surface area (Å²) in [5.74, 6) is -0.484. The number of Topliss-reactive ketones (excluding diaryl/α,β-unsaturated/α-hetero) is 1. The van der Waals surface area contributed by atoms with Crippen LogP contribution < -0.4 is 17.0 Å². The number of hydrogen-bond acceptors (Lipinski definition) is 9. The summed E-state index contributed by atoms with van der Waals surface area (Å²) in [6, 6.07) is 0. The fourth-order valence-electron chi connectivity index (χ4n) is 3.51. The molecule has 3 rings (SSSR count). The maximum absolute atomic E-state index is 12.8. The van der Waals surface area contributed by atoms with Crippen molar-refractivity contribution in [2.45, 2.75) is 43.9 Å². The molecular formula is C18H24N6O5S2. The second-order valence-corrected chi connectivity index (χ2v) is 10.4. The van der Waals surface area contributed by atoms with Crippen LogP contribution >= 0.6 is 11.8 Å². The van der Waals surface area contributed by atoms with E-state index < -0.39 is 26.9 Å². The maximum Gasteiger partial charge on any atom is 0.329 e. The zero-order chi connectivity index (χ0) is 22.8. The lowest BCUT2D eigenvalue weighted by atomic mass is 10.1. The quantitative estimate of drug-likeness (QED) is 0.297. The van der Waals surface area contributed by atoms with Crippen molar-refractivity contribution in [1.29, 1.82) is 0 Å². The highest BCUT2D eigenvalue weighted by Crippen LogP contribution is 2.30. The van der Waals surface area contributed by atoms with Gasteiger partial charge in [-0.15, -0.1) is 16.8 Å². The molecular weight excluding hydrogens is 444 g/mol. The van der Waals surface area contributed by atoms with Gasteiger partial charge < -0.3 is 10.3 Å². The van der Waals surface area contributed by atoms with Gasteiger partial charge in [-0.3, -0.25) is 19.1 Å². The summed E-state index contributed by atoms with van der Waals surface area (Å²) < 4.78 is 26.5. The summed E-state index contributed by atoms with van der Waals surface area (Å²) >= 11 is 1.06. The third-order valence-corrected chi connectivity index (χ3v) is 7.69. The number of hydrogen-bond donors (Lipinski definition) is 2. The summed E-state index contributed by atoms with van der Waals surface area (Å²) in [6.45, 7) is 6.17. The van der Waals surface area contributed by atoms with Crippen LogP contribution in [0.4, 0.5) is 5.82 Å². The van der Waals surface area contributed by atoms with Gasteiger partial charge in [-0.25, -0.2) is 13.2 Å². The summed E-state index contributed by atoms with van der Waals surface area (Å²) in [6.07, 6.45) is 2.69. The highest BCUT2D eigenvalue weighted by molar-refractivity contribution is 7.99. The van der Waals surface area contributed by atoms with E-state index >= 15 is 0 Å². The normalized spacial score (nSPS) is 17.6. The second-order valence-electron chi connectivity index (χ2n) is 7.22. The van der Waals surface area contributed by atoms with Gasteiger partial charge in [0.15, 0.2) is 20.8 Å². The molecule has 168 valence electrons. The smallest absolute Gasteiger partial charge is 0.329 e. The first kappa shape index (κ1) is 23.0. The Hall–Kier alpha value is -2.67. The molecule has 1 aliphatic rings. The maximum atomic E-state index is 12.8. The van der Waals surface area contributed by atoms with Crippen LogP contribution in [0.3, 0.4) is 0 Å². The zero-order valence-electron chi connectivity index (χ0n) is 17.0. The molecule has 3 heterocycles. The fourth-order valence-corrected chi connectivity index (χ4v) is 6.08. The van der Waals surface area contributed by atoms with Gasteiger partial charge in [-0.2, -0.15) is 0 Å². The van der Waals surface area contributed by atoms with E-state index in [-0.39, 0.29) is 41.1 Å². The number of allylic oxidation sites excluding steroid dienone is 1. The van der Waals surface area contributed by atoms with Crippen LogP contribution in [0.2, 0.25) is 0 Å². The molecule has 0 aliphatic carbocycles. The molecule has 1 aliphatic heterocycles. The number of H-pyrrole nitrogens is 1. The number of nitrogens with zero attached hydrogens (tertiary/aromatic N) is 4. The number of nitrogens with two attached hydrogens (primary N) is 1.